The quantitative estimate of drug-likeness (QED) is 0.739. The van der Waals surface area contributed by atoms with Gasteiger partial charge in [0.2, 0.25) is 0 Å². The molecule has 1 saturated heterocycles. The lowest BCUT2D eigenvalue weighted by Crippen LogP contribution is -2.47. The summed E-state index contributed by atoms with van der Waals surface area (Å²) < 4.78 is 0. The van der Waals surface area contributed by atoms with E-state index in [4.69, 9.17) is 0 Å². The summed E-state index contributed by atoms with van der Waals surface area (Å²) in [5.74, 6) is 0.928. The summed E-state index contributed by atoms with van der Waals surface area (Å²) >= 11 is 0. The minimum Gasteiger partial charge on any atom is -0.320 e. The zero-order chi connectivity index (χ0) is 12.1. The maximum Gasteiger partial charge on any atom is 0.129 e. The number of rotatable bonds is 5. The van der Waals surface area contributed by atoms with Crippen molar-refractivity contribution >= 4 is 6.21 Å². The van der Waals surface area contributed by atoms with Crippen molar-refractivity contribution in [1.29, 1.82) is 0 Å². The summed E-state index contributed by atoms with van der Waals surface area (Å²) in [5, 5.41) is 3.23. The number of hydrogen-bond acceptors (Lipinski definition) is 3. The van der Waals surface area contributed by atoms with Crippen LogP contribution in [0.4, 0.5) is 0 Å². The van der Waals surface area contributed by atoms with E-state index < -0.39 is 0 Å². The topological polar surface area (TPSA) is 27.6 Å². The Labute approximate surface area is 105 Å². The molecule has 2 heterocycles. The molecule has 1 atom stereocenters. The monoisotopic (exact) mass is 235 g/mol. The molecule has 2 aliphatic heterocycles. The number of aliphatic imine (C=N–C) groups is 1. The first-order chi connectivity index (χ1) is 8.24. The van der Waals surface area contributed by atoms with Crippen LogP contribution in [0.5, 0.6) is 0 Å². The molecular formula is C14H25N3. The van der Waals surface area contributed by atoms with E-state index >= 15 is 0 Å². The summed E-state index contributed by atoms with van der Waals surface area (Å²) in [6.07, 6.45) is 11.6. The fourth-order valence-electron chi connectivity index (χ4n) is 2.89. The van der Waals surface area contributed by atoms with E-state index in [1.807, 2.05) is 13.3 Å². The van der Waals surface area contributed by atoms with Gasteiger partial charge >= 0.3 is 0 Å². The molecule has 0 bridgehead atoms. The molecule has 0 spiro atoms. The number of nitrogens with one attached hydrogen (secondary N) is 1. The van der Waals surface area contributed by atoms with Gasteiger partial charge in [-0.15, -0.1) is 0 Å². The number of likely N-dealkylation sites (tertiary alicyclic amines) is 1. The van der Waals surface area contributed by atoms with Gasteiger partial charge in [0, 0.05) is 19.3 Å². The van der Waals surface area contributed by atoms with Crippen molar-refractivity contribution in [2.24, 2.45) is 10.9 Å². The highest BCUT2D eigenvalue weighted by molar-refractivity contribution is 5.75. The van der Waals surface area contributed by atoms with Crippen LogP contribution in [0.25, 0.3) is 0 Å². The standard InChI is InChI=1S/C14H25N3/c1-14(8-4-10-16-14)17-11-6-13(7-12-17)5-3-9-15-2/h4,8,10,13,15H,3,5-7,9,11-12H2,1-2H3. The van der Waals surface area contributed by atoms with Gasteiger partial charge < -0.3 is 5.32 Å². The van der Waals surface area contributed by atoms with Crippen molar-refractivity contribution in [2.75, 3.05) is 26.7 Å². The fourth-order valence-corrected chi connectivity index (χ4v) is 2.89. The van der Waals surface area contributed by atoms with E-state index in [1.165, 1.54) is 38.8 Å². The Kier molecular flexibility index (Phi) is 4.35. The summed E-state index contributed by atoms with van der Waals surface area (Å²) in [6, 6.07) is 0. The lowest BCUT2D eigenvalue weighted by atomic mass is 9.91. The summed E-state index contributed by atoms with van der Waals surface area (Å²) in [4.78, 5) is 7.09. The van der Waals surface area contributed by atoms with Crippen molar-refractivity contribution in [3.63, 3.8) is 0 Å². The second-order valence-electron chi connectivity index (χ2n) is 5.41. The van der Waals surface area contributed by atoms with Crippen LogP contribution < -0.4 is 5.32 Å². The molecule has 17 heavy (non-hydrogen) atoms. The molecule has 96 valence electrons. The van der Waals surface area contributed by atoms with E-state index in [-0.39, 0.29) is 5.66 Å². The van der Waals surface area contributed by atoms with E-state index in [2.05, 4.69) is 34.3 Å². The van der Waals surface area contributed by atoms with E-state index in [1.54, 1.807) is 0 Å². The van der Waals surface area contributed by atoms with Crippen molar-refractivity contribution in [1.82, 2.24) is 10.2 Å². The maximum absolute atomic E-state index is 4.57. The van der Waals surface area contributed by atoms with Crippen LogP contribution in [-0.4, -0.2) is 43.5 Å². The van der Waals surface area contributed by atoms with Crippen LogP contribution >= 0.6 is 0 Å². The third-order valence-electron chi connectivity index (χ3n) is 4.13. The molecule has 3 nitrogen and oxygen atoms in total. The molecule has 1 unspecified atom stereocenters. The SMILES string of the molecule is CNCCCC1CCN(C2(C)C=CC=N2)CC1. The van der Waals surface area contributed by atoms with Crippen LogP contribution in [0.3, 0.4) is 0 Å². The zero-order valence-electron chi connectivity index (χ0n) is 11.2. The fraction of sp³-hybridized carbons (Fsp3) is 0.786. The van der Waals surface area contributed by atoms with Crippen molar-refractivity contribution in [3.8, 4) is 0 Å². The average Bonchev–Trinajstić information content (AvgIpc) is 2.79. The smallest absolute Gasteiger partial charge is 0.129 e. The molecule has 0 aliphatic carbocycles. The molecule has 1 N–H and O–H groups in total. The molecule has 0 radical (unpaired) electrons. The first-order valence-electron chi connectivity index (χ1n) is 6.87. The Hall–Kier alpha value is -0.670. The van der Waals surface area contributed by atoms with Crippen LogP contribution in [0.15, 0.2) is 17.1 Å². The molecule has 0 aromatic carbocycles. The molecule has 0 aromatic heterocycles. The van der Waals surface area contributed by atoms with Gasteiger partial charge in [0.25, 0.3) is 0 Å². The highest BCUT2D eigenvalue weighted by Crippen LogP contribution is 2.29. The lowest BCUT2D eigenvalue weighted by Gasteiger charge is -2.40. The predicted molar refractivity (Wildman–Crippen MR) is 73.5 cm³/mol. The zero-order valence-corrected chi connectivity index (χ0v) is 11.2. The first-order valence-corrected chi connectivity index (χ1v) is 6.87. The van der Waals surface area contributed by atoms with Gasteiger partial charge in [0.1, 0.15) is 5.66 Å². The van der Waals surface area contributed by atoms with Crippen LogP contribution in [0.1, 0.15) is 32.6 Å². The van der Waals surface area contributed by atoms with E-state index in [0.29, 0.717) is 0 Å². The Morgan fingerprint density at radius 3 is 2.76 bits per heavy atom. The second-order valence-corrected chi connectivity index (χ2v) is 5.41. The maximum atomic E-state index is 4.57. The summed E-state index contributed by atoms with van der Waals surface area (Å²) in [7, 11) is 2.04. The highest BCUT2D eigenvalue weighted by atomic mass is 15.3. The van der Waals surface area contributed by atoms with Crippen molar-refractivity contribution in [3.05, 3.63) is 12.2 Å². The third kappa shape index (κ3) is 3.17. The van der Waals surface area contributed by atoms with Crippen LogP contribution in [-0.2, 0) is 0 Å². The van der Waals surface area contributed by atoms with Gasteiger partial charge in [-0.25, -0.2) is 0 Å². The normalized spacial score (nSPS) is 30.2. The van der Waals surface area contributed by atoms with E-state index in [0.717, 1.165) is 12.5 Å². The Morgan fingerprint density at radius 1 is 1.41 bits per heavy atom. The van der Waals surface area contributed by atoms with Crippen molar-refractivity contribution < 1.29 is 0 Å². The Bertz CT molecular complexity index is 276. The largest absolute Gasteiger partial charge is 0.320 e. The van der Waals surface area contributed by atoms with Crippen LogP contribution in [0, 0.1) is 5.92 Å². The third-order valence-corrected chi connectivity index (χ3v) is 4.13. The summed E-state index contributed by atoms with van der Waals surface area (Å²) in [5.41, 5.74) is -0.0457. The van der Waals surface area contributed by atoms with Crippen molar-refractivity contribution in [2.45, 2.75) is 38.3 Å². The molecule has 0 amide bonds. The first kappa shape index (κ1) is 12.8. The second kappa shape index (κ2) is 5.78. The number of allylic oxidation sites excluding steroid dienone is 1. The van der Waals surface area contributed by atoms with Gasteiger partial charge in [0.15, 0.2) is 0 Å². The summed E-state index contributed by atoms with van der Waals surface area (Å²) in [6.45, 7) is 5.77. The number of nitrogens with zero attached hydrogens (tertiary/aromatic N) is 2. The molecule has 1 fully saturated rings. The average molecular weight is 235 g/mol. The van der Waals surface area contributed by atoms with Gasteiger partial charge in [-0.05, 0) is 64.3 Å². The van der Waals surface area contributed by atoms with Gasteiger partial charge in [-0.2, -0.15) is 0 Å². The molecule has 0 saturated carbocycles. The van der Waals surface area contributed by atoms with Gasteiger partial charge in [-0.1, -0.05) is 0 Å². The molecule has 3 heteroatoms. The van der Waals surface area contributed by atoms with Gasteiger partial charge in [0.05, 0.1) is 0 Å². The van der Waals surface area contributed by atoms with Crippen LogP contribution in [0.2, 0.25) is 0 Å². The Morgan fingerprint density at radius 2 is 2.18 bits per heavy atom. The molecule has 2 aliphatic rings. The highest BCUT2D eigenvalue weighted by Gasteiger charge is 2.32. The molecule has 2 rings (SSSR count). The van der Waals surface area contributed by atoms with Gasteiger partial charge in [-0.3, -0.25) is 9.89 Å². The molecule has 0 aromatic rings. The Balaban J connectivity index is 1.74. The predicted octanol–water partition coefficient (Wildman–Crippen LogP) is 2.05. The minimum absolute atomic E-state index is 0.0457. The lowest BCUT2D eigenvalue weighted by molar-refractivity contribution is 0.0988. The minimum atomic E-state index is -0.0457. The number of hydrogen-bond donors (Lipinski definition) is 1. The molecular weight excluding hydrogens is 210 g/mol. The van der Waals surface area contributed by atoms with E-state index in [9.17, 15) is 0 Å². The number of piperidine rings is 1.